The molecule has 5 heteroatoms. The molecule has 1 atom stereocenters. The second-order valence-corrected chi connectivity index (χ2v) is 6.40. The van der Waals surface area contributed by atoms with Crippen LogP contribution in [0.1, 0.15) is 33.3 Å². The Kier molecular flexibility index (Phi) is 6.40. The first-order chi connectivity index (χ1) is 10.2. The Morgan fingerprint density at radius 2 is 1.77 bits per heavy atom. The number of rotatable bonds is 6. The molecule has 0 bridgehead atoms. The molecule has 2 N–H and O–H groups in total. The van der Waals surface area contributed by atoms with E-state index >= 15 is 0 Å². The lowest BCUT2D eigenvalue weighted by molar-refractivity contribution is -0.133. The van der Waals surface area contributed by atoms with Crippen LogP contribution < -0.4 is 15.4 Å². The minimum Gasteiger partial charge on any atom is -0.492 e. The number of nitrogens with one attached hydrogen (secondary N) is 2. The second kappa shape index (κ2) is 7.82. The number of hydrogen-bond donors (Lipinski definition) is 2. The van der Waals surface area contributed by atoms with E-state index in [1.54, 1.807) is 6.92 Å². The molecule has 0 saturated heterocycles. The van der Waals surface area contributed by atoms with Gasteiger partial charge >= 0.3 is 0 Å². The molecule has 1 unspecified atom stereocenters. The highest BCUT2D eigenvalue weighted by Gasteiger charge is 2.24. The molecule has 122 valence electrons. The van der Waals surface area contributed by atoms with Gasteiger partial charge in [0.15, 0.2) is 0 Å². The zero-order chi connectivity index (χ0) is 16.8. The van der Waals surface area contributed by atoms with Crippen molar-refractivity contribution >= 4 is 11.8 Å². The van der Waals surface area contributed by atoms with Crippen molar-refractivity contribution in [3.63, 3.8) is 0 Å². The summed E-state index contributed by atoms with van der Waals surface area (Å²) < 4.78 is 5.52. The number of carbonyl (C=O) groups is 2. The van der Waals surface area contributed by atoms with Gasteiger partial charge in [0, 0.05) is 5.41 Å². The minimum atomic E-state index is -0.564. The first kappa shape index (κ1) is 18.0. The number of carbonyl (C=O) groups excluding carboxylic acids is 2. The van der Waals surface area contributed by atoms with Gasteiger partial charge in [-0.05, 0) is 26.0 Å². The van der Waals surface area contributed by atoms with Crippen LogP contribution in [0.2, 0.25) is 0 Å². The average Bonchev–Trinajstić information content (AvgIpc) is 2.44. The van der Waals surface area contributed by atoms with Crippen molar-refractivity contribution in [3.05, 3.63) is 29.8 Å². The van der Waals surface area contributed by atoms with Crippen molar-refractivity contribution < 1.29 is 14.3 Å². The Labute approximate surface area is 132 Å². The summed E-state index contributed by atoms with van der Waals surface area (Å²) in [5.41, 5.74) is 0.660. The molecule has 0 spiro atoms. The summed E-state index contributed by atoms with van der Waals surface area (Å²) in [4.78, 5) is 23.7. The van der Waals surface area contributed by atoms with Crippen LogP contribution in [-0.4, -0.2) is 31.0 Å². The molecule has 1 aromatic rings. The fourth-order valence-corrected chi connectivity index (χ4v) is 1.61. The third kappa shape index (κ3) is 6.16. The lowest BCUT2D eigenvalue weighted by Gasteiger charge is -2.21. The SMILES string of the molecule is Cc1ccc(OCCNC(=O)C(C)NC(=O)C(C)(C)C)cc1. The van der Waals surface area contributed by atoms with Gasteiger partial charge in [0.2, 0.25) is 11.8 Å². The van der Waals surface area contributed by atoms with Gasteiger partial charge in [0.25, 0.3) is 0 Å². The zero-order valence-electron chi connectivity index (χ0n) is 14.0. The maximum atomic E-state index is 11.9. The highest BCUT2D eigenvalue weighted by molar-refractivity contribution is 5.89. The summed E-state index contributed by atoms with van der Waals surface area (Å²) in [6, 6.07) is 7.16. The molecule has 0 aliphatic rings. The molecule has 0 saturated carbocycles. The van der Waals surface area contributed by atoms with Crippen molar-refractivity contribution in [2.24, 2.45) is 5.41 Å². The van der Waals surface area contributed by atoms with Gasteiger partial charge in [-0.3, -0.25) is 9.59 Å². The molecule has 2 amide bonds. The number of aryl methyl sites for hydroxylation is 1. The summed E-state index contributed by atoms with van der Waals surface area (Å²) in [5, 5.41) is 5.43. The number of hydrogen-bond acceptors (Lipinski definition) is 3. The van der Waals surface area contributed by atoms with Crippen LogP contribution in [-0.2, 0) is 9.59 Å². The quantitative estimate of drug-likeness (QED) is 0.790. The number of ether oxygens (including phenoxy) is 1. The maximum absolute atomic E-state index is 11.9. The highest BCUT2D eigenvalue weighted by Crippen LogP contribution is 2.13. The van der Waals surface area contributed by atoms with E-state index in [0.29, 0.717) is 13.2 Å². The summed E-state index contributed by atoms with van der Waals surface area (Å²) in [6.07, 6.45) is 0. The molecule has 0 heterocycles. The van der Waals surface area contributed by atoms with E-state index in [1.807, 2.05) is 52.0 Å². The first-order valence-electron chi connectivity index (χ1n) is 7.48. The Hall–Kier alpha value is -2.04. The van der Waals surface area contributed by atoms with Crippen LogP contribution in [0.3, 0.4) is 0 Å². The molecule has 0 aromatic heterocycles. The standard InChI is InChI=1S/C17H26N2O3/c1-12-6-8-14(9-7-12)22-11-10-18-15(20)13(2)19-16(21)17(3,4)5/h6-9,13H,10-11H2,1-5H3,(H,18,20)(H,19,21). The summed E-state index contributed by atoms with van der Waals surface area (Å²) >= 11 is 0. The molecule has 22 heavy (non-hydrogen) atoms. The molecule has 5 nitrogen and oxygen atoms in total. The lowest BCUT2D eigenvalue weighted by Crippen LogP contribution is -2.48. The van der Waals surface area contributed by atoms with E-state index in [9.17, 15) is 9.59 Å². The van der Waals surface area contributed by atoms with Crippen molar-refractivity contribution in [2.45, 2.75) is 40.7 Å². The Morgan fingerprint density at radius 1 is 1.18 bits per heavy atom. The molecule has 1 rings (SSSR count). The van der Waals surface area contributed by atoms with Gasteiger partial charge < -0.3 is 15.4 Å². The Morgan fingerprint density at radius 3 is 2.32 bits per heavy atom. The van der Waals surface area contributed by atoms with E-state index < -0.39 is 11.5 Å². The molecule has 1 aromatic carbocycles. The van der Waals surface area contributed by atoms with E-state index in [4.69, 9.17) is 4.74 Å². The van der Waals surface area contributed by atoms with Crippen molar-refractivity contribution in [1.29, 1.82) is 0 Å². The molecule has 0 aliphatic carbocycles. The fourth-order valence-electron chi connectivity index (χ4n) is 1.61. The monoisotopic (exact) mass is 306 g/mol. The van der Waals surface area contributed by atoms with E-state index in [-0.39, 0.29) is 11.8 Å². The topological polar surface area (TPSA) is 67.4 Å². The average molecular weight is 306 g/mol. The van der Waals surface area contributed by atoms with E-state index in [2.05, 4.69) is 10.6 Å². The zero-order valence-corrected chi connectivity index (χ0v) is 14.0. The molecular weight excluding hydrogens is 280 g/mol. The Balaban J connectivity index is 2.28. The largest absolute Gasteiger partial charge is 0.492 e. The number of benzene rings is 1. The van der Waals surface area contributed by atoms with E-state index in [1.165, 1.54) is 5.56 Å². The minimum absolute atomic E-state index is 0.147. The lowest BCUT2D eigenvalue weighted by atomic mass is 9.95. The third-order valence-corrected chi connectivity index (χ3v) is 3.11. The van der Waals surface area contributed by atoms with Crippen LogP contribution in [0, 0.1) is 12.3 Å². The summed E-state index contributed by atoms with van der Waals surface area (Å²) in [5.74, 6) is 0.407. The van der Waals surface area contributed by atoms with E-state index in [0.717, 1.165) is 5.75 Å². The van der Waals surface area contributed by atoms with Gasteiger partial charge in [0.1, 0.15) is 18.4 Å². The highest BCUT2D eigenvalue weighted by atomic mass is 16.5. The van der Waals surface area contributed by atoms with Crippen LogP contribution >= 0.6 is 0 Å². The molecule has 0 fully saturated rings. The molecular formula is C17H26N2O3. The van der Waals surface area contributed by atoms with Crippen LogP contribution in [0.5, 0.6) is 5.75 Å². The predicted molar refractivity (Wildman–Crippen MR) is 86.7 cm³/mol. The van der Waals surface area contributed by atoms with Crippen LogP contribution in [0.25, 0.3) is 0 Å². The van der Waals surface area contributed by atoms with Gasteiger partial charge in [-0.25, -0.2) is 0 Å². The van der Waals surface area contributed by atoms with Crippen molar-refractivity contribution in [2.75, 3.05) is 13.2 Å². The molecule has 0 aliphatic heterocycles. The number of amides is 2. The fraction of sp³-hybridized carbons (Fsp3) is 0.529. The molecule has 0 radical (unpaired) electrons. The van der Waals surface area contributed by atoms with Gasteiger partial charge in [-0.15, -0.1) is 0 Å². The third-order valence-electron chi connectivity index (χ3n) is 3.11. The Bertz CT molecular complexity index is 504. The normalized spacial score (nSPS) is 12.4. The maximum Gasteiger partial charge on any atom is 0.242 e. The van der Waals surface area contributed by atoms with Gasteiger partial charge in [-0.1, -0.05) is 38.5 Å². The van der Waals surface area contributed by atoms with Crippen LogP contribution in [0.4, 0.5) is 0 Å². The van der Waals surface area contributed by atoms with Gasteiger partial charge in [-0.2, -0.15) is 0 Å². The summed E-state index contributed by atoms with van der Waals surface area (Å²) in [7, 11) is 0. The summed E-state index contributed by atoms with van der Waals surface area (Å²) in [6.45, 7) is 9.88. The smallest absolute Gasteiger partial charge is 0.242 e. The van der Waals surface area contributed by atoms with Crippen LogP contribution in [0.15, 0.2) is 24.3 Å². The first-order valence-corrected chi connectivity index (χ1v) is 7.48. The van der Waals surface area contributed by atoms with Gasteiger partial charge in [0.05, 0.1) is 6.54 Å². The van der Waals surface area contributed by atoms with Crippen molar-refractivity contribution in [1.82, 2.24) is 10.6 Å². The predicted octanol–water partition coefficient (Wildman–Crippen LogP) is 2.04. The second-order valence-electron chi connectivity index (χ2n) is 6.40. The van der Waals surface area contributed by atoms with Crippen molar-refractivity contribution in [3.8, 4) is 5.75 Å².